The van der Waals surface area contributed by atoms with Crippen molar-refractivity contribution in [2.24, 2.45) is 0 Å². The Bertz CT molecular complexity index is 786. The number of nitrogens with zero attached hydrogens (tertiary/aromatic N) is 3. The summed E-state index contributed by atoms with van der Waals surface area (Å²) in [5.74, 6) is -0.574. The number of aromatic nitrogens is 2. The van der Waals surface area contributed by atoms with Crippen LogP contribution in [0, 0.1) is 6.92 Å². The highest BCUT2D eigenvalue weighted by Crippen LogP contribution is 2.22. The molecule has 1 aromatic carbocycles. The van der Waals surface area contributed by atoms with Gasteiger partial charge >= 0.3 is 5.97 Å². The van der Waals surface area contributed by atoms with Crippen molar-refractivity contribution in [2.75, 3.05) is 23.3 Å². The van der Waals surface area contributed by atoms with Crippen molar-refractivity contribution in [1.29, 1.82) is 0 Å². The second kappa shape index (κ2) is 7.95. The lowest BCUT2D eigenvalue weighted by molar-refractivity contribution is -0.123. The largest absolute Gasteiger partial charge is 0.448 e. The quantitative estimate of drug-likeness (QED) is 0.831. The van der Waals surface area contributed by atoms with Gasteiger partial charge < -0.3 is 15.0 Å². The van der Waals surface area contributed by atoms with Crippen LogP contribution in [0.15, 0.2) is 36.5 Å². The van der Waals surface area contributed by atoms with Crippen LogP contribution >= 0.6 is 0 Å². The van der Waals surface area contributed by atoms with Gasteiger partial charge in [-0.1, -0.05) is 0 Å². The zero-order chi connectivity index (χ0) is 18.5. The maximum Gasteiger partial charge on any atom is 0.357 e. The SMILES string of the molecule is Cc1nccc(C(=O)OC(C)C(=O)Nc2ccc(N3CCCC3)cc2)n1. The topological polar surface area (TPSA) is 84.4 Å². The van der Waals surface area contributed by atoms with Gasteiger partial charge in [0.2, 0.25) is 0 Å². The van der Waals surface area contributed by atoms with Gasteiger partial charge in [-0.05, 0) is 57.0 Å². The van der Waals surface area contributed by atoms with E-state index in [1.807, 2.05) is 24.3 Å². The van der Waals surface area contributed by atoms with E-state index in [1.54, 1.807) is 6.92 Å². The van der Waals surface area contributed by atoms with Gasteiger partial charge in [-0.25, -0.2) is 14.8 Å². The number of rotatable bonds is 5. The molecule has 2 aromatic rings. The minimum Gasteiger partial charge on any atom is -0.448 e. The molecule has 26 heavy (non-hydrogen) atoms. The maximum atomic E-state index is 12.3. The second-order valence-electron chi connectivity index (χ2n) is 6.27. The smallest absolute Gasteiger partial charge is 0.357 e. The fourth-order valence-corrected chi connectivity index (χ4v) is 2.82. The summed E-state index contributed by atoms with van der Waals surface area (Å²) in [6.07, 6.45) is 2.97. The fourth-order valence-electron chi connectivity index (χ4n) is 2.82. The van der Waals surface area contributed by atoms with Gasteiger partial charge in [0.15, 0.2) is 11.8 Å². The van der Waals surface area contributed by atoms with Crippen molar-refractivity contribution in [2.45, 2.75) is 32.8 Å². The molecule has 1 amide bonds. The van der Waals surface area contributed by atoms with Gasteiger partial charge in [-0.15, -0.1) is 0 Å². The van der Waals surface area contributed by atoms with Crippen LogP contribution in [0.1, 0.15) is 36.1 Å². The Balaban J connectivity index is 1.56. The highest BCUT2D eigenvalue weighted by molar-refractivity contribution is 5.96. The maximum absolute atomic E-state index is 12.3. The van der Waals surface area contributed by atoms with E-state index in [0.29, 0.717) is 11.5 Å². The first kappa shape index (κ1) is 17.8. The Kier molecular flexibility index (Phi) is 5.46. The van der Waals surface area contributed by atoms with Gasteiger partial charge in [0, 0.05) is 30.7 Å². The summed E-state index contributed by atoms with van der Waals surface area (Å²) in [5.41, 5.74) is 1.95. The van der Waals surface area contributed by atoms with Crippen molar-refractivity contribution < 1.29 is 14.3 Å². The lowest BCUT2D eigenvalue weighted by atomic mass is 10.2. The summed E-state index contributed by atoms with van der Waals surface area (Å²) in [7, 11) is 0. The van der Waals surface area contributed by atoms with E-state index in [2.05, 4.69) is 20.2 Å². The molecule has 0 saturated carbocycles. The van der Waals surface area contributed by atoms with Crippen molar-refractivity contribution in [3.8, 4) is 0 Å². The van der Waals surface area contributed by atoms with Crippen LogP contribution < -0.4 is 10.2 Å². The Hall–Kier alpha value is -2.96. The zero-order valence-corrected chi connectivity index (χ0v) is 14.9. The Morgan fingerprint density at radius 3 is 2.50 bits per heavy atom. The van der Waals surface area contributed by atoms with Gasteiger partial charge in [-0.3, -0.25) is 4.79 Å². The minimum atomic E-state index is -0.934. The van der Waals surface area contributed by atoms with E-state index in [-0.39, 0.29) is 5.69 Å². The number of benzene rings is 1. The molecule has 7 heteroatoms. The molecule has 1 unspecified atom stereocenters. The molecule has 1 aliphatic heterocycles. The van der Waals surface area contributed by atoms with Crippen LogP contribution in [-0.4, -0.2) is 41.0 Å². The van der Waals surface area contributed by atoms with Gasteiger partial charge in [0.1, 0.15) is 5.82 Å². The average molecular weight is 354 g/mol. The van der Waals surface area contributed by atoms with E-state index in [9.17, 15) is 9.59 Å². The molecular weight excluding hydrogens is 332 g/mol. The van der Waals surface area contributed by atoms with Crippen LogP contribution in [0.4, 0.5) is 11.4 Å². The Morgan fingerprint density at radius 1 is 1.15 bits per heavy atom. The number of ether oxygens (including phenoxy) is 1. The standard InChI is InChI=1S/C19H22N4O3/c1-13(26-19(25)17-9-10-20-14(2)21-17)18(24)22-15-5-7-16(8-6-15)23-11-3-4-12-23/h5-10,13H,3-4,11-12H2,1-2H3,(H,22,24). The first-order valence-electron chi connectivity index (χ1n) is 8.69. The van der Waals surface area contributed by atoms with E-state index >= 15 is 0 Å². The summed E-state index contributed by atoms with van der Waals surface area (Å²) in [4.78, 5) is 34.6. The lowest BCUT2D eigenvalue weighted by Gasteiger charge is -2.18. The zero-order valence-electron chi connectivity index (χ0n) is 14.9. The molecule has 1 N–H and O–H groups in total. The molecule has 0 spiro atoms. The molecule has 136 valence electrons. The summed E-state index contributed by atoms with van der Waals surface area (Å²) >= 11 is 0. The highest BCUT2D eigenvalue weighted by atomic mass is 16.5. The van der Waals surface area contributed by atoms with Gasteiger partial charge in [0.05, 0.1) is 0 Å². The molecular formula is C19H22N4O3. The molecule has 1 aliphatic rings. The molecule has 1 saturated heterocycles. The monoisotopic (exact) mass is 354 g/mol. The number of nitrogens with one attached hydrogen (secondary N) is 1. The number of aryl methyl sites for hydroxylation is 1. The number of hydrogen-bond donors (Lipinski definition) is 1. The molecule has 1 atom stereocenters. The first-order valence-corrected chi connectivity index (χ1v) is 8.69. The Labute approximate surface area is 152 Å². The number of esters is 1. The molecule has 0 bridgehead atoms. The van der Waals surface area contributed by atoms with Crippen molar-refractivity contribution in [3.63, 3.8) is 0 Å². The third kappa shape index (κ3) is 4.36. The summed E-state index contributed by atoms with van der Waals surface area (Å²) in [6, 6.07) is 9.14. The average Bonchev–Trinajstić information content (AvgIpc) is 3.17. The van der Waals surface area contributed by atoms with Crippen molar-refractivity contribution in [1.82, 2.24) is 9.97 Å². The fraction of sp³-hybridized carbons (Fsp3) is 0.368. The van der Waals surface area contributed by atoms with Crippen molar-refractivity contribution in [3.05, 3.63) is 48.0 Å². The van der Waals surface area contributed by atoms with Crippen molar-refractivity contribution >= 4 is 23.3 Å². The van der Waals surface area contributed by atoms with E-state index < -0.39 is 18.0 Å². The Morgan fingerprint density at radius 2 is 1.85 bits per heavy atom. The summed E-state index contributed by atoms with van der Waals surface area (Å²) in [5, 5.41) is 2.76. The van der Waals surface area contributed by atoms with Crippen LogP contribution in [0.25, 0.3) is 0 Å². The van der Waals surface area contributed by atoms with Crippen LogP contribution in [0.5, 0.6) is 0 Å². The number of anilines is 2. The summed E-state index contributed by atoms with van der Waals surface area (Å²) in [6.45, 7) is 5.35. The molecule has 2 heterocycles. The van der Waals surface area contributed by atoms with Gasteiger partial charge in [-0.2, -0.15) is 0 Å². The molecule has 1 aromatic heterocycles. The number of hydrogen-bond acceptors (Lipinski definition) is 6. The minimum absolute atomic E-state index is 0.132. The molecule has 0 radical (unpaired) electrons. The molecule has 0 aliphatic carbocycles. The predicted molar refractivity (Wildman–Crippen MR) is 98.2 cm³/mol. The third-order valence-electron chi connectivity index (χ3n) is 4.24. The number of carbonyl (C=O) groups is 2. The van der Waals surface area contributed by atoms with Crippen LogP contribution in [0.3, 0.4) is 0 Å². The van der Waals surface area contributed by atoms with Gasteiger partial charge in [0.25, 0.3) is 5.91 Å². The van der Waals surface area contributed by atoms with Crippen LogP contribution in [0.2, 0.25) is 0 Å². The lowest BCUT2D eigenvalue weighted by Crippen LogP contribution is -2.30. The number of carbonyl (C=O) groups excluding carboxylic acids is 2. The normalized spacial score (nSPS) is 14.8. The molecule has 1 fully saturated rings. The summed E-state index contributed by atoms with van der Waals surface area (Å²) < 4.78 is 5.18. The van der Waals surface area contributed by atoms with E-state index in [4.69, 9.17) is 4.74 Å². The van der Waals surface area contributed by atoms with Crippen LogP contribution in [-0.2, 0) is 9.53 Å². The predicted octanol–water partition coefficient (Wildman–Crippen LogP) is 2.57. The molecule has 3 rings (SSSR count). The van der Waals surface area contributed by atoms with E-state index in [1.165, 1.54) is 32.0 Å². The molecule has 7 nitrogen and oxygen atoms in total. The second-order valence-corrected chi connectivity index (χ2v) is 6.27. The third-order valence-corrected chi connectivity index (χ3v) is 4.24. The number of amides is 1. The van der Waals surface area contributed by atoms with E-state index in [0.717, 1.165) is 18.8 Å². The first-order chi connectivity index (χ1) is 12.5. The highest BCUT2D eigenvalue weighted by Gasteiger charge is 2.20.